The van der Waals surface area contributed by atoms with Gasteiger partial charge in [0.05, 0.1) is 6.10 Å². The molecule has 1 aliphatic rings. The van der Waals surface area contributed by atoms with E-state index < -0.39 is 42.0 Å². The van der Waals surface area contributed by atoms with E-state index in [9.17, 15) is 24.9 Å². The van der Waals surface area contributed by atoms with E-state index in [0.29, 0.717) is 10.5 Å². The molecular weight excluding hydrogens is 582 g/mol. The van der Waals surface area contributed by atoms with Crippen LogP contribution in [0.4, 0.5) is 4.79 Å². The van der Waals surface area contributed by atoms with Gasteiger partial charge in [-0.05, 0) is 53.8 Å². The second-order valence-corrected chi connectivity index (χ2v) is 11.9. The zero-order chi connectivity index (χ0) is 32.8. The van der Waals surface area contributed by atoms with E-state index in [1.807, 2.05) is 84.9 Å². The zero-order valence-electron chi connectivity index (χ0n) is 26.0. The van der Waals surface area contributed by atoms with Crippen LogP contribution in [0, 0.1) is 0 Å². The lowest BCUT2D eigenvalue weighted by molar-refractivity contribution is -0.161. The molecule has 0 heterocycles. The first kappa shape index (κ1) is 32.8. The molecule has 5 rings (SSSR count). The van der Waals surface area contributed by atoms with E-state index in [1.165, 1.54) is 6.92 Å². The maximum Gasteiger partial charge on any atom is 0.409 e. The lowest BCUT2D eigenvalue weighted by Gasteiger charge is -2.46. The van der Waals surface area contributed by atoms with Gasteiger partial charge in [0.1, 0.15) is 18.4 Å². The summed E-state index contributed by atoms with van der Waals surface area (Å²) in [6, 6.07) is 31.4. The molecule has 0 aliphatic heterocycles. The summed E-state index contributed by atoms with van der Waals surface area (Å²) in [6.45, 7) is 1.29. The SMILES string of the molecule is CNC(Cc1ccccc1)C(O)C(C(=O)OCC1c2ccccc2-c2ccccc21)N(C(=O)O)C(N)(Cc1ccccc1)C(C)O. The van der Waals surface area contributed by atoms with Gasteiger partial charge in [-0.3, -0.25) is 4.90 Å². The van der Waals surface area contributed by atoms with Crippen molar-refractivity contribution in [2.75, 3.05) is 13.7 Å². The quantitative estimate of drug-likeness (QED) is 0.110. The Bertz CT molecular complexity index is 1590. The van der Waals surface area contributed by atoms with Gasteiger partial charge in [-0.1, -0.05) is 109 Å². The van der Waals surface area contributed by atoms with E-state index in [2.05, 4.69) is 5.32 Å². The number of hydrogen-bond donors (Lipinski definition) is 5. The molecule has 5 atom stereocenters. The van der Waals surface area contributed by atoms with E-state index in [4.69, 9.17) is 10.5 Å². The van der Waals surface area contributed by atoms with Crippen molar-refractivity contribution in [2.24, 2.45) is 5.73 Å². The standard InChI is InChI=1S/C37H41N3O6/c1-24(41)37(38,22-26-15-7-4-8-16-26)40(36(44)45)33(34(42)32(39-2)21-25-13-5-3-6-14-25)35(43)46-23-31-29-19-11-9-17-27(29)28-18-10-12-20-30(28)31/h3-20,24,31-34,39,41-42H,21-23,38H2,1-2H3,(H,44,45). The summed E-state index contributed by atoms with van der Waals surface area (Å²) in [4.78, 5) is 28.1. The molecule has 4 aromatic carbocycles. The minimum Gasteiger partial charge on any atom is -0.465 e. The third-order valence-corrected chi connectivity index (χ3v) is 8.99. The normalized spacial score (nSPS) is 16.3. The minimum atomic E-state index is -2.00. The number of rotatable bonds is 13. The van der Waals surface area contributed by atoms with Crippen molar-refractivity contribution in [3.8, 4) is 11.1 Å². The second kappa shape index (κ2) is 14.3. The van der Waals surface area contributed by atoms with Gasteiger partial charge in [-0.25, -0.2) is 9.59 Å². The van der Waals surface area contributed by atoms with Gasteiger partial charge >= 0.3 is 12.1 Å². The fourth-order valence-electron chi connectivity index (χ4n) is 6.48. The number of nitrogens with two attached hydrogens (primary N) is 1. The van der Waals surface area contributed by atoms with Crippen LogP contribution in [0.2, 0.25) is 0 Å². The fraction of sp³-hybridized carbons (Fsp3) is 0.297. The van der Waals surface area contributed by atoms with Crippen LogP contribution in [0.1, 0.15) is 35.1 Å². The van der Waals surface area contributed by atoms with Crippen molar-refractivity contribution in [3.63, 3.8) is 0 Å². The van der Waals surface area contributed by atoms with Crippen molar-refractivity contribution >= 4 is 12.1 Å². The van der Waals surface area contributed by atoms with Gasteiger partial charge in [-0.15, -0.1) is 0 Å². The molecule has 6 N–H and O–H groups in total. The van der Waals surface area contributed by atoms with Crippen LogP contribution in [-0.4, -0.2) is 75.9 Å². The average Bonchev–Trinajstić information content (AvgIpc) is 3.38. The maximum atomic E-state index is 14.3. The van der Waals surface area contributed by atoms with E-state index >= 15 is 0 Å². The number of aliphatic hydroxyl groups excluding tert-OH is 2. The molecule has 0 bridgehead atoms. The van der Waals surface area contributed by atoms with E-state index in [1.54, 1.807) is 31.3 Å². The van der Waals surface area contributed by atoms with Crippen LogP contribution in [0.3, 0.4) is 0 Å². The number of nitrogens with one attached hydrogen (secondary N) is 1. The highest BCUT2D eigenvalue weighted by molar-refractivity contribution is 5.83. The first-order valence-electron chi connectivity index (χ1n) is 15.4. The van der Waals surface area contributed by atoms with Gasteiger partial charge in [0.25, 0.3) is 0 Å². The van der Waals surface area contributed by atoms with Crippen LogP contribution >= 0.6 is 0 Å². The van der Waals surface area contributed by atoms with Gasteiger partial charge in [0.2, 0.25) is 0 Å². The highest BCUT2D eigenvalue weighted by atomic mass is 16.5. The minimum absolute atomic E-state index is 0.0859. The topological polar surface area (TPSA) is 145 Å². The number of ether oxygens (including phenoxy) is 1. The third-order valence-electron chi connectivity index (χ3n) is 8.99. The third kappa shape index (κ3) is 6.68. The van der Waals surface area contributed by atoms with Crippen molar-refractivity contribution in [1.82, 2.24) is 10.2 Å². The molecule has 1 aliphatic carbocycles. The molecule has 0 saturated heterocycles. The predicted octanol–water partition coefficient (Wildman–Crippen LogP) is 4.16. The predicted molar refractivity (Wildman–Crippen MR) is 176 cm³/mol. The summed E-state index contributed by atoms with van der Waals surface area (Å²) in [5.74, 6) is -1.26. The fourth-order valence-corrected chi connectivity index (χ4v) is 6.48. The Morgan fingerprint density at radius 1 is 0.848 bits per heavy atom. The Morgan fingerprint density at radius 3 is 1.85 bits per heavy atom. The lowest BCUT2D eigenvalue weighted by Crippen LogP contribution is -2.72. The molecule has 5 unspecified atom stereocenters. The first-order chi connectivity index (χ1) is 22.2. The van der Waals surface area contributed by atoms with Gasteiger partial charge in [0.15, 0.2) is 6.04 Å². The van der Waals surface area contributed by atoms with Crippen LogP contribution < -0.4 is 11.1 Å². The number of esters is 1. The Kier molecular flexibility index (Phi) is 10.2. The number of carboxylic acid groups (broad SMARTS) is 1. The van der Waals surface area contributed by atoms with Crippen molar-refractivity contribution in [3.05, 3.63) is 131 Å². The Hall–Kier alpha value is -4.54. The average molecular weight is 624 g/mol. The number of amides is 1. The molecule has 0 fully saturated rings. The lowest BCUT2D eigenvalue weighted by atomic mass is 9.89. The van der Waals surface area contributed by atoms with Crippen molar-refractivity contribution in [1.29, 1.82) is 0 Å². The van der Waals surface area contributed by atoms with Crippen LogP contribution in [0.5, 0.6) is 0 Å². The largest absolute Gasteiger partial charge is 0.465 e. The monoisotopic (exact) mass is 623 g/mol. The summed E-state index contributed by atoms with van der Waals surface area (Å²) in [6.07, 6.45) is -4.45. The second-order valence-electron chi connectivity index (χ2n) is 11.9. The molecule has 0 saturated carbocycles. The number of fused-ring (bicyclic) bond motifs is 3. The van der Waals surface area contributed by atoms with Crippen LogP contribution in [0.25, 0.3) is 11.1 Å². The molecular formula is C37H41N3O6. The molecule has 4 aromatic rings. The molecule has 9 heteroatoms. The first-order valence-corrected chi connectivity index (χ1v) is 15.4. The van der Waals surface area contributed by atoms with E-state index in [0.717, 1.165) is 27.8 Å². The molecule has 240 valence electrons. The van der Waals surface area contributed by atoms with Crippen molar-refractivity contribution < 1.29 is 29.6 Å². The van der Waals surface area contributed by atoms with Gasteiger partial charge in [0, 0.05) is 18.4 Å². The molecule has 9 nitrogen and oxygen atoms in total. The Morgan fingerprint density at radius 2 is 1.35 bits per heavy atom. The number of benzene rings is 4. The number of nitrogens with zero attached hydrogens (tertiary/aromatic N) is 1. The highest BCUT2D eigenvalue weighted by Crippen LogP contribution is 2.44. The van der Waals surface area contributed by atoms with Crippen LogP contribution in [-0.2, 0) is 22.4 Å². The number of carbonyl (C=O) groups is 2. The van der Waals surface area contributed by atoms with Crippen molar-refractivity contribution in [2.45, 2.75) is 55.6 Å². The number of likely N-dealkylation sites (N-methyl/N-ethyl adjacent to an activating group) is 1. The number of hydrogen-bond acceptors (Lipinski definition) is 7. The Labute approximate surface area is 269 Å². The smallest absolute Gasteiger partial charge is 0.409 e. The molecule has 46 heavy (non-hydrogen) atoms. The summed E-state index contributed by atoms with van der Waals surface area (Å²) < 4.78 is 5.96. The molecule has 0 spiro atoms. The summed E-state index contributed by atoms with van der Waals surface area (Å²) in [5, 5.41) is 36.7. The number of aliphatic hydroxyl groups is 2. The molecule has 0 aromatic heterocycles. The zero-order valence-corrected chi connectivity index (χ0v) is 26.0. The summed E-state index contributed by atoms with van der Waals surface area (Å²) in [5.41, 5.74) is 10.4. The Balaban J connectivity index is 1.52. The van der Waals surface area contributed by atoms with Gasteiger partial charge < -0.3 is 31.1 Å². The van der Waals surface area contributed by atoms with E-state index in [-0.39, 0.29) is 25.4 Å². The van der Waals surface area contributed by atoms with Crippen LogP contribution in [0.15, 0.2) is 109 Å². The maximum absolute atomic E-state index is 14.3. The highest BCUT2D eigenvalue weighted by Gasteiger charge is 2.51. The number of carbonyl (C=O) groups excluding carboxylic acids is 1. The summed E-state index contributed by atoms with van der Waals surface area (Å²) >= 11 is 0. The van der Waals surface area contributed by atoms with Gasteiger partial charge in [-0.2, -0.15) is 0 Å². The molecule has 0 radical (unpaired) electrons. The summed E-state index contributed by atoms with van der Waals surface area (Å²) in [7, 11) is 1.63. The molecule has 1 amide bonds.